The Bertz CT molecular complexity index is 578. The SMILES string of the molecule is O=S(=O)(c1ccc(Cl)cc1)N(CC1CCCCN1)C1CC1. The van der Waals surface area contributed by atoms with Crippen LogP contribution in [0.5, 0.6) is 0 Å². The molecule has 0 spiro atoms. The highest BCUT2D eigenvalue weighted by atomic mass is 35.5. The van der Waals surface area contributed by atoms with Crippen LogP contribution in [0.3, 0.4) is 0 Å². The summed E-state index contributed by atoms with van der Waals surface area (Å²) in [5.74, 6) is 0. The first-order valence-corrected chi connectivity index (χ1v) is 9.40. The molecular weight excluding hydrogens is 308 g/mol. The van der Waals surface area contributed by atoms with Gasteiger partial charge in [-0.2, -0.15) is 4.31 Å². The van der Waals surface area contributed by atoms with Crippen LogP contribution in [0.1, 0.15) is 32.1 Å². The van der Waals surface area contributed by atoms with E-state index in [2.05, 4.69) is 5.32 Å². The van der Waals surface area contributed by atoms with Crippen LogP contribution in [-0.4, -0.2) is 37.9 Å². The van der Waals surface area contributed by atoms with Crippen molar-refractivity contribution in [2.75, 3.05) is 13.1 Å². The van der Waals surface area contributed by atoms with Gasteiger partial charge in [0.1, 0.15) is 0 Å². The summed E-state index contributed by atoms with van der Waals surface area (Å²) in [6.45, 7) is 1.57. The lowest BCUT2D eigenvalue weighted by atomic mass is 10.1. The third-order valence-electron chi connectivity index (χ3n) is 4.19. The molecule has 3 rings (SSSR count). The molecule has 6 heteroatoms. The minimum Gasteiger partial charge on any atom is -0.313 e. The van der Waals surface area contributed by atoms with Crippen molar-refractivity contribution in [2.45, 2.75) is 49.1 Å². The van der Waals surface area contributed by atoms with Crippen molar-refractivity contribution in [2.24, 2.45) is 0 Å². The maximum absolute atomic E-state index is 12.9. The minimum absolute atomic E-state index is 0.175. The van der Waals surface area contributed by atoms with E-state index in [4.69, 9.17) is 11.6 Å². The quantitative estimate of drug-likeness (QED) is 0.904. The van der Waals surface area contributed by atoms with Gasteiger partial charge in [0.25, 0.3) is 0 Å². The van der Waals surface area contributed by atoms with Crippen molar-refractivity contribution in [3.05, 3.63) is 29.3 Å². The number of sulfonamides is 1. The Labute approximate surface area is 131 Å². The van der Waals surface area contributed by atoms with Crippen molar-refractivity contribution in [3.8, 4) is 0 Å². The molecule has 21 heavy (non-hydrogen) atoms. The van der Waals surface area contributed by atoms with Gasteiger partial charge in [-0.1, -0.05) is 18.0 Å². The zero-order valence-corrected chi connectivity index (χ0v) is 13.5. The molecular formula is C15H21ClN2O2S. The van der Waals surface area contributed by atoms with Crippen LogP contribution in [0.25, 0.3) is 0 Å². The average Bonchev–Trinajstić information content (AvgIpc) is 3.31. The fourth-order valence-corrected chi connectivity index (χ4v) is 4.70. The first-order valence-electron chi connectivity index (χ1n) is 7.58. The fourth-order valence-electron chi connectivity index (χ4n) is 2.84. The highest BCUT2D eigenvalue weighted by Gasteiger charge is 2.39. The fraction of sp³-hybridized carbons (Fsp3) is 0.600. The van der Waals surface area contributed by atoms with Gasteiger partial charge in [-0.3, -0.25) is 0 Å². The Hall–Kier alpha value is -0.620. The molecule has 2 aliphatic rings. The van der Waals surface area contributed by atoms with Crippen molar-refractivity contribution < 1.29 is 8.42 Å². The maximum Gasteiger partial charge on any atom is 0.243 e. The summed E-state index contributed by atoms with van der Waals surface area (Å²) < 4.78 is 27.4. The third-order valence-corrected chi connectivity index (χ3v) is 6.37. The van der Waals surface area contributed by atoms with Crippen LogP contribution < -0.4 is 5.32 Å². The lowest BCUT2D eigenvalue weighted by Gasteiger charge is -2.30. The van der Waals surface area contributed by atoms with E-state index in [-0.39, 0.29) is 12.1 Å². The molecule has 1 heterocycles. The third kappa shape index (κ3) is 3.59. The van der Waals surface area contributed by atoms with Gasteiger partial charge in [0.05, 0.1) is 4.90 Å². The summed E-state index contributed by atoms with van der Waals surface area (Å²) in [4.78, 5) is 0.342. The Kier molecular flexibility index (Phi) is 4.54. The smallest absolute Gasteiger partial charge is 0.243 e. The number of piperidine rings is 1. The first-order chi connectivity index (χ1) is 10.1. The normalized spacial score (nSPS) is 23.4. The summed E-state index contributed by atoms with van der Waals surface area (Å²) in [6.07, 6.45) is 5.36. The predicted octanol–water partition coefficient (Wildman–Crippen LogP) is 2.64. The molecule has 0 radical (unpaired) electrons. The van der Waals surface area contributed by atoms with Gasteiger partial charge in [-0.15, -0.1) is 0 Å². The number of rotatable bonds is 5. The number of benzene rings is 1. The van der Waals surface area contributed by atoms with Crippen LogP contribution in [0.2, 0.25) is 5.02 Å². The highest BCUT2D eigenvalue weighted by molar-refractivity contribution is 7.89. The molecule has 1 atom stereocenters. The number of hydrogen-bond acceptors (Lipinski definition) is 3. The largest absolute Gasteiger partial charge is 0.313 e. The summed E-state index contributed by atoms with van der Waals surface area (Å²) in [7, 11) is -3.42. The van der Waals surface area contributed by atoms with Crippen LogP contribution in [0, 0.1) is 0 Å². The molecule has 2 fully saturated rings. The molecule has 1 aromatic carbocycles. The van der Waals surface area contributed by atoms with E-state index in [1.165, 1.54) is 12.8 Å². The lowest BCUT2D eigenvalue weighted by Crippen LogP contribution is -2.46. The molecule has 1 saturated carbocycles. The highest BCUT2D eigenvalue weighted by Crippen LogP contribution is 2.33. The van der Waals surface area contributed by atoms with E-state index in [9.17, 15) is 8.42 Å². The predicted molar refractivity (Wildman–Crippen MR) is 84.0 cm³/mol. The van der Waals surface area contributed by atoms with Crippen LogP contribution in [-0.2, 0) is 10.0 Å². The molecule has 0 aromatic heterocycles. The van der Waals surface area contributed by atoms with Gasteiger partial charge >= 0.3 is 0 Å². The number of halogens is 1. The van der Waals surface area contributed by atoms with E-state index < -0.39 is 10.0 Å². The van der Waals surface area contributed by atoms with E-state index in [0.29, 0.717) is 16.5 Å². The van der Waals surface area contributed by atoms with Crippen LogP contribution in [0.15, 0.2) is 29.2 Å². The van der Waals surface area contributed by atoms with Gasteiger partial charge in [0, 0.05) is 23.7 Å². The molecule has 1 aliphatic carbocycles. The molecule has 116 valence electrons. The molecule has 1 saturated heterocycles. The molecule has 1 N–H and O–H groups in total. The van der Waals surface area contributed by atoms with Gasteiger partial charge in [0.15, 0.2) is 0 Å². The van der Waals surface area contributed by atoms with Gasteiger partial charge < -0.3 is 5.32 Å². The van der Waals surface area contributed by atoms with Crippen LogP contribution in [0.4, 0.5) is 0 Å². The van der Waals surface area contributed by atoms with Crippen LogP contribution >= 0.6 is 11.6 Å². The molecule has 0 bridgehead atoms. The summed E-state index contributed by atoms with van der Waals surface area (Å²) in [5.41, 5.74) is 0. The first kappa shape index (κ1) is 15.3. The van der Waals surface area contributed by atoms with Crippen molar-refractivity contribution in [1.29, 1.82) is 0 Å². The molecule has 1 aliphatic heterocycles. The monoisotopic (exact) mass is 328 g/mol. The van der Waals surface area contributed by atoms with Crippen molar-refractivity contribution >= 4 is 21.6 Å². The molecule has 4 nitrogen and oxygen atoms in total. The van der Waals surface area contributed by atoms with E-state index >= 15 is 0 Å². The second-order valence-corrected chi connectivity index (χ2v) is 8.23. The van der Waals surface area contributed by atoms with Gasteiger partial charge in [0.2, 0.25) is 10.0 Å². The molecule has 1 unspecified atom stereocenters. The van der Waals surface area contributed by atoms with Crippen molar-refractivity contribution in [3.63, 3.8) is 0 Å². The number of nitrogens with zero attached hydrogens (tertiary/aromatic N) is 1. The Balaban J connectivity index is 1.80. The maximum atomic E-state index is 12.9. The topological polar surface area (TPSA) is 49.4 Å². The molecule has 0 amide bonds. The van der Waals surface area contributed by atoms with Gasteiger partial charge in [-0.25, -0.2) is 8.42 Å². The minimum atomic E-state index is -3.42. The number of hydrogen-bond donors (Lipinski definition) is 1. The van der Waals surface area contributed by atoms with Crippen molar-refractivity contribution in [1.82, 2.24) is 9.62 Å². The van der Waals surface area contributed by atoms with E-state index in [1.807, 2.05) is 0 Å². The zero-order chi connectivity index (χ0) is 14.9. The number of nitrogens with one attached hydrogen (secondary N) is 1. The second-order valence-electron chi connectivity index (χ2n) is 5.91. The Morgan fingerprint density at radius 1 is 1.14 bits per heavy atom. The Morgan fingerprint density at radius 3 is 2.43 bits per heavy atom. The molecule has 1 aromatic rings. The van der Waals surface area contributed by atoms with E-state index in [0.717, 1.165) is 25.8 Å². The zero-order valence-electron chi connectivity index (χ0n) is 12.0. The standard InChI is InChI=1S/C15H21ClN2O2S/c16-12-4-8-15(9-5-12)21(19,20)18(14-6-7-14)11-13-3-1-2-10-17-13/h4-5,8-9,13-14,17H,1-3,6-7,10-11H2. The summed E-state index contributed by atoms with van der Waals surface area (Å²) in [5, 5.41) is 3.99. The lowest BCUT2D eigenvalue weighted by molar-refractivity contribution is 0.307. The Morgan fingerprint density at radius 2 is 1.86 bits per heavy atom. The summed E-state index contributed by atoms with van der Waals surface area (Å²) in [6, 6.07) is 6.93. The van der Waals surface area contributed by atoms with Gasteiger partial charge in [-0.05, 0) is 56.5 Å². The second kappa shape index (κ2) is 6.24. The summed E-state index contributed by atoms with van der Waals surface area (Å²) >= 11 is 5.85. The average molecular weight is 329 g/mol. The van der Waals surface area contributed by atoms with E-state index in [1.54, 1.807) is 28.6 Å².